The molecule has 0 fully saturated rings. The zero-order valence-electron chi connectivity index (χ0n) is 2.80. The summed E-state index contributed by atoms with van der Waals surface area (Å²) in [6.07, 6.45) is 0. The summed E-state index contributed by atoms with van der Waals surface area (Å²) in [5.74, 6) is 0. The van der Waals surface area contributed by atoms with E-state index < -0.39 is 0 Å². The first-order valence-electron chi connectivity index (χ1n) is 0.977. The van der Waals surface area contributed by atoms with Crippen LogP contribution in [0.1, 0.15) is 0 Å². The van der Waals surface area contributed by atoms with Gasteiger partial charge >= 0.3 is 0 Å². The topological polar surface area (TPSA) is 27.7 Å². The van der Waals surface area contributed by atoms with E-state index in [0.29, 0.717) is 0 Å². The second-order valence-electron chi connectivity index (χ2n) is 0.331. The molecule has 0 rings (SSSR count). The predicted molar refractivity (Wildman–Crippen MR) is 18.9 cm³/mol. The van der Waals surface area contributed by atoms with Crippen LogP contribution in [-0.2, 0) is 14.6 Å². The summed E-state index contributed by atoms with van der Waals surface area (Å²) in [5, 5.41) is 3.80. The summed E-state index contributed by atoms with van der Waals surface area (Å²) in [5.41, 5.74) is 0. The second kappa shape index (κ2) is 4.31. The van der Waals surface area contributed by atoms with Gasteiger partial charge < -0.3 is 0 Å². The molecular formula is CH5O3P. The lowest BCUT2D eigenvalue weighted by Gasteiger charge is -1.85. The first kappa shape index (κ1) is 5.31. The lowest BCUT2D eigenvalue weighted by Crippen LogP contribution is -1.77. The molecule has 3 nitrogen and oxygen atoms in total. The van der Waals surface area contributed by atoms with Crippen LogP contribution in [0.25, 0.3) is 0 Å². The van der Waals surface area contributed by atoms with Crippen molar-refractivity contribution in [3.8, 4) is 0 Å². The molecule has 32 valence electrons. The van der Waals surface area contributed by atoms with Crippen molar-refractivity contribution in [3.05, 3.63) is 0 Å². The van der Waals surface area contributed by atoms with Gasteiger partial charge in [0, 0.05) is 9.47 Å². The Morgan fingerprint density at radius 2 is 2.20 bits per heavy atom. The van der Waals surface area contributed by atoms with E-state index in [1.54, 1.807) is 0 Å². The minimum absolute atomic E-state index is 1.35. The molecule has 0 spiro atoms. The summed E-state index contributed by atoms with van der Waals surface area (Å²) >= 11 is 0. The van der Waals surface area contributed by atoms with Gasteiger partial charge in [-0.25, -0.2) is 4.89 Å². The molecule has 0 aromatic rings. The molecule has 5 heavy (non-hydrogen) atoms. The minimum atomic E-state index is 1.35. The first-order chi connectivity index (χ1) is 2.41. The van der Waals surface area contributed by atoms with E-state index in [1.165, 1.54) is 7.11 Å². The third kappa shape index (κ3) is 4.31. The van der Waals surface area contributed by atoms with Crippen LogP contribution in [0.5, 0.6) is 0 Å². The van der Waals surface area contributed by atoms with E-state index >= 15 is 0 Å². The molecule has 0 amide bonds. The van der Waals surface area contributed by atoms with Crippen LogP contribution in [0.2, 0.25) is 0 Å². The fourth-order valence-electron chi connectivity index (χ4n) is 0.0393. The van der Waals surface area contributed by atoms with Gasteiger partial charge in [-0.1, -0.05) is 5.04 Å². The Morgan fingerprint density at radius 3 is 2.20 bits per heavy atom. The molecule has 0 aromatic heterocycles. The molecule has 0 N–H and O–H groups in total. The first-order valence-corrected chi connectivity index (χ1v) is 1.45. The maximum Gasteiger partial charge on any atom is 0.0744 e. The Kier molecular flexibility index (Phi) is 4.58. The number of hydrogen-bond donors (Lipinski definition) is 0. The third-order valence-corrected chi connectivity index (χ3v) is 0.186. The van der Waals surface area contributed by atoms with Crippen molar-refractivity contribution in [2.24, 2.45) is 0 Å². The summed E-state index contributed by atoms with van der Waals surface area (Å²) in [7, 11) is 3.20. The number of hydrogen-bond acceptors (Lipinski definition) is 3. The normalized spacial score (nSPS) is 8.40. The fraction of sp³-hybridized carbons (Fsp3) is 1.00. The van der Waals surface area contributed by atoms with Gasteiger partial charge in [0.1, 0.15) is 0 Å². The van der Waals surface area contributed by atoms with E-state index in [-0.39, 0.29) is 0 Å². The van der Waals surface area contributed by atoms with E-state index in [1.807, 2.05) is 9.47 Å². The Labute approximate surface area is 32.4 Å². The van der Waals surface area contributed by atoms with Gasteiger partial charge in [0.15, 0.2) is 0 Å². The molecule has 0 bridgehead atoms. The molecule has 0 radical (unpaired) electrons. The molecule has 0 saturated carbocycles. The van der Waals surface area contributed by atoms with Crippen molar-refractivity contribution < 1.29 is 14.6 Å². The average Bonchev–Trinajstić information content (AvgIpc) is 1.41. The van der Waals surface area contributed by atoms with E-state index in [9.17, 15) is 0 Å². The Bertz CT molecular complexity index is 14.4. The fourth-order valence-corrected chi connectivity index (χ4v) is 0.118. The van der Waals surface area contributed by atoms with Crippen LogP contribution in [-0.4, -0.2) is 7.11 Å². The quantitative estimate of drug-likeness (QED) is 0.281. The van der Waals surface area contributed by atoms with Crippen LogP contribution in [0, 0.1) is 0 Å². The molecule has 1 unspecified atom stereocenters. The van der Waals surface area contributed by atoms with E-state index in [2.05, 4.69) is 14.6 Å². The zero-order valence-corrected chi connectivity index (χ0v) is 3.96. The highest BCUT2D eigenvalue weighted by Gasteiger charge is 1.63. The molecule has 4 heteroatoms. The van der Waals surface area contributed by atoms with Crippen LogP contribution in [0.3, 0.4) is 0 Å². The van der Waals surface area contributed by atoms with Gasteiger partial charge in [0.2, 0.25) is 0 Å². The summed E-state index contributed by atoms with van der Waals surface area (Å²) < 4.78 is 3.89. The van der Waals surface area contributed by atoms with Gasteiger partial charge in [-0.2, -0.15) is 4.67 Å². The molecule has 0 aliphatic rings. The lowest BCUT2D eigenvalue weighted by atomic mass is 11.8. The Balaban J connectivity index is 2.19. The zero-order chi connectivity index (χ0) is 4.12. The van der Waals surface area contributed by atoms with E-state index in [4.69, 9.17) is 0 Å². The summed E-state index contributed by atoms with van der Waals surface area (Å²) in [6, 6.07) is 0. The van der Waals surface area contributed by atoms with Crippen molar-refractivity contribution in [3.63, 3.8) is 0 Å². The average molecular weight is 96.0 g/mol. The summed E-state index contributed by atoms with van der Waals surface area (Å²) in [4.78, 5) is 3.95. The molecule has 0 aliphatic heterocycles. The second-order valence-corrected chi connectivity index (χ2v) is 0.523. The highest BCUT2D eigenvalue weighted by Crippen LogP contribution is 1.82. The van der Waals surface area contributed by atoms with Crippen molar-refractivity contribution in [2.75, 3.05) is 7.11 Å². The Morgan fingerprint density at radius 1 is 1.60 bits per heavy atom. The molecular weight excluding hydrogens is 91.0 g/mol. The van der Waals surface area contributed by atoms with Crippen LogP contribution < -0.4 is 0 Å². The highest BCUT2D eigenvalue weighted by molar-refractivity contribution is 7.09. The predicted octanol–water partition coefficient (Wildman–Crippen LogP) is 0.286. The molecule has 0 heterocycles. The minimum Gasteiger partial charge on any atom is -0.209 e. The van der Waals surface area contributed by atoms with Crippen molar-refractivity contribution >= 4 is 9.47 Å². The lowest BCUT2D eigenvalue weighted by molar-refractivity contribution is -0.448. The molecule has 0 aliphatic carbocycles. The van der Waals surface area contributed by atoms with Crippen LogP contribution >= 0.6 is 9.47 Å². The summed E-state index contributed by atoms with van der Waals surface area (Å²) in [6.45, 7) is 0. The van der Waals surface area contributed by atoms with Crippen molar-refractivity contribution in [1.82, 2.24) is 0 Å². The third-order valence-electron chi connectivity index (χ3n) is 0.107. The Hall–Kier alpha value is 0.310. The maximum atomic E-state index is 3.95. The van der Waals surface area contributed by atoms with Crippen molar-refractivity contribution in [2.45, 2.75) is 0 Å². The highest BCUT2D eigenvalue weighted by atomic mass is 31.0. The van der Waals surface area contributed by atoms with Gasteiger partial charge in [0.05, 0.1) is 7.11 Å². The van der Waals surface area contributed by atoms with Crippen LogP contribution in [0.4, 0.5) is 0 Å². The maximum absolute atomic E-state index is 3.95. The molecule has 0 saturated heterocycles. The largest absolute Gasteiger partial charge is 0.209 e. The van der Waals surface area contributed by atoms with Crippen molar-refractivity contribution in [1.29, 1.82) is 0 Å². The van der Waals surface area contributed by atoms with E-state index in [0.717, 1.165) is 0 Å². The monoisotopic (exact) mass is 96.0 g/mol. The SMILES string of the molecule is COOOP. The van der Waals surface area contributed by atoms with Gasteiger partial charge in [-0.15, -0.1) is 0 Å². The number of rotatable bonds is 2. The van der Waals surface area contributed by atoms with Gasteiger partial charge in [-0.3, -0.25) is 0 Å². The molecule has 1 atom stereocenters. The van der Waals surface area contributed by atoms with Crippen LogP contribution in [0.15, 0.2) is 0 Å². The standard InChI is InChI=1S/CH5O3P/c1-2-3-4-5/h5H2,1H3. The molecule has 0 aromatic carbocycles. The van der Waals surface area contributed by atoms with Gasteiger partial charge in [0.25, 0.3) is 0 Å². The smallest absolute Gasteiger partial charge is 0.0744 e. The van der Waals surface area contributed by atoms with Gasteiger partial charge in [-0.05, 0) is 0 Å².